The van der Waals surface area contributed by atoms with Crippen LogP contribution in [0.2, 0.25) is 0 Å². The number of hydrogen-bond acceptors (Lipinski definition) is 6. The first kappa shape index (κ1) is 17.5. The summed E-state index contributed by atoms with van der Waals surface area (Å²) in [6.45, 7) is 2.06. The second-order valence-electron chi connectivity index (χ2n) is 6.71. The molecule has 0 fully saturated rings. The highest BCUT2D eigenvalue weighted by Crippen LogP contribution is 2.29. The summed E-state index contributed by atoms with van der Waals surface area (Å²) in [6.07, 6.45) is 0.768. The quantitative estimate of drug-likeness (QED) is 0.444. The van der Waals surface area contributed by atoms with Crippen LogP contribution in [0.1, 0.15) is 17.0 Å². The van der Waals surface area contributed by atoms with E-state index in [0.717, 1.165) is 51.3 Å². The molecule has 0 unspecified atom stereocenters. The number of nitrogens with one attached hydrogen (secondary N) is 3. The Morgan fingerprint density at radius 2 is 2.07 bits per heavy atom. The fourth-order valence-electron chi connectivity index (χ4n) is 3.44. The van der Waals surface area contributed by atoms with Gasteiger partial charge in [0.15, 0.2) is 15.0 Å². The Morgan fingerprint density at radius 1 is 1.18 bits per heavy atom. The highest BCUT2D eigenvalue weighted by Gasteiger charge is 2.21. The van der Waals surface area contributed by atoms with E-state index in [0.29, 0.717) is 17.9 Å². The maximum atomic E-state index is 12.2. The van der Waals surface area contributed by atoms with Crippen molar-refractivity contribution in [2.45, 2.75) is 29.8 Å². The topological polar surface area (TPSA) is 93.7 Å². The van der Waals surface area contributed by atoms with Gasteiger partial charge in [-0.3, -0.25) is 14.7 Å². The third kappa shape index (κ3) is 3.44. The zero-order chi connectivity index (χ0) is 19.1. The number of furan rings is 1. The summed E-state index contributed by atoms with van der Waals surface area (Å²) in [7, 11) is 0. The Labute approximate surface area is 169 Å². The van der Waals surface area contributed by atoms with E-state index in [1.165, 1.54) is 11.8 Å². The molecule has 0 saturated carbocycles. The SMILES string of the molecule is O=c1[nH]c(=S)[nH]c2c1CN(Cc1ccc(Sc3nc4ccccc4[nH]3)o1)CC2. The molecule has 4 aromatic rings. The zero-order valence-corrected chi connectivity index (χ0v) is 16.5. The highest BCUT2D eigenvalue weighted by atomic mass is 32.2. The molecule has 0 amide bonds. The summed E-state index contributed by atoms with van der Waals surface area (Å²) < 4.78 is 6.36. The van der Waals surface area contributed by atoms with Crippen LogP contribution >= 0.6 is 24.0 Å². The first-order chi connectivity index (χ1) is 13.6. The number of rotatable bonds is 4. The fourth-order valence-corrected chi connectivity index (χ4v) is 4.44. The first-order valence-electron chi connectivity index (χ1n) is 8.92. The largest absolute Gasteiger partial charge is 0.453 e. The smallest absolute Gasteiger partial charge is 0.256 e. The van der Waals surface area contributed by atoms with Crippen molar-refractivity contribution in [3.8, 4) is 0 Å². The standard InChI is InChI=1S/C19H17N5O2S2/c25-17-12-10-24(8-7-13(12)20-18(27)23-17)9-11-5-6-16(26-11)28-19-21-14-3-1-2-4-15(14)22-19/h1-6H,7-10H2,(H,21,22)(H2,20,23,25,27). The van der Waals surface area contributed by atoms with Crippen LogP contribution in [0.15, 0.2) is 55.9 Å². The number of H-pyrrole nitrogens is 3. The Kier molecular flexibility index (Phi) is 4.42. The van der Waals surface area contributed by atoms with Crippen molar-refractivity contribution in [1.29, 1.82) is 0 Å². The predicted octanol–water partition coefficient (Wildman–Crippen LogP) is 3.61. The third-order valence-corrected chi connectivity index (χ3v) is 5.78. The van der Waals surface area contributed by atoms with Gasteiger partial charge < -0.3 is 14.4 Å². The molecule has 9 heteroatoms. The lowest BCUT2D eigenvalue weighted by atomic mass is 10.1. The van der Waals surface area contributed by atoms with E-state index in [1.807, 2.05) is 36.4 Å². The van der Waals surface area contributed by atoms with Crippen LogP contribution in [0.5, 0.6) is 0 Å². The van der Waals surface area contributed by atoms with E-state index >= 15 is 0 Å². The maximum absolute atomic E-state index is 12.2. The van der Waals surface area contributed by atoms with Crippen LogP contribution in [-0.2, 0) is 19.5 Å². The van der Waals surface area contributed by atoms with E-state index in [1.54, 1.807) is 0 Å². The van der Waals surface area contributed by atoms with E-state index in [-0.39, 0.29) is 5.56 Å². The van der Waals surface area contributed by atoms with Gasteiger partial charge in [0.1, 0.15) is 5.76 Å². The molecule has 0 atom stereocenters. The van der Waals surface area contributed by atoms with Crippen LogP contribution in [0.4, 0.5) is 0 Å². The van der Waals surface area contributed by atoms with Crippen molar-refractivity contribution in [3.63, 3.8) is 0 Å². The van der Waals surface area contributed by atoms with E-state index in [2.05, 4.69) is 24.8 Å². The van der Waals surface area contributed by atoms with Crippen molar-refractivity contribution in [2.75, 3.05) is 6.54 Å². The molecule has 142 valence electrons. The molecular formula is C19H17N5O2S2. The minimum atomic E-state index is -0.107. The summed E-state index contributed by atoms with van der Waals surface area (Å²) >= 11 is 6.51. The van der Waals surface area contributed by atoms with E-state index in [9.17, 15) is 4.79 Å². The second-order valence-corrected chi connectivity index (χ2v) is 8.11. The average molecular weight is 412 g/mol. The van der Waals surface area contributed by atoms with Crippen LogP contribution in [-0.4, -0.2) is 31.4 Å². The molecule has 3 aromatic heterocycles. The number of aromatic nitrogens is 4. The Balaban J connectivity index is 1.29. The molecule has 0 spiro atoms. The number of benzene rings is 1. The van der Waals surface area contributed by atoms with Crippen LogP contribution in [0.25, 0.3) is 11.0 Å². The number of nitrogens with zero attached hydrogens (tertiary/aromatic N) is 2. The van der Waals surface area contributed by atoms with Crippen molar-refractivity contribution < 1.29 is 4.42 Å². The molecule has 28 heavy (non-hydrogen) atoms. The lowest BCUT2D eigenvalue weighted by Crippen LogP contribution is -2.35. The van der Waals surface area contributed by atoms with Gasteiger partial charge in [-0.25, -0.2) is 4.98 Å². The molecule has 1 aliphatic rings. The Morgan fingerprint density at radius 3 is 2.96 bits per heavy atom. The highest BCUT2D eigenvalue weighted by molar-refractivity contribution is 7.99. The predicted molar refractivity (Wildman–Crippen MR) is 109 cm³/mol. The summed E-state index contributed by atoms with van der Waals surface area (Å²) in [6, 6.07) is 11.9. The number of imidazole rings is 1. The first-order valence-corrected chi connectivity index (χ1v) is 10.1. The fraction of sp³-hybridized carbons (Fsp3) is 0.211. The molecule has 1 aliphatic heterocycles. The number of para-hydroxylation sites is 2. The van der Waals surface area contributed by atoms with Crippen LogP contribution in [0, 0.1) is 4.77 Å². The third-order valence-electron chi connectivity index (χ3n) is 4.77. The van der Waals surface area contributed by atoms with Gasteiger partial charge in [0, 0.05) is 25.2 Å². The zero-order valence-electron chi connectivity index (χ0n) is 14.8. The van der Waals surface area contributed by atoms with Crippen LogP contribution < -0.4 is 5.56 Å². The molecular weight excluding hydrogens is 394 g/mol. The van der Waals surface area contributed by atoms with Gasteiger partial charge in [-0.1, -0.05) is 12.1 Å². The molecule has 3 N–H and O–H groups in total. The minimum Gasteiger partial charge on any atom is -0.453 e. The lowest BCUT2D eigenvalue weighted by molar-refractivity contribution is 0.217. The van der Waals surface area contributed by atoms with Gasteiger partial charge in [-0.05, 0) is 48.2 Å². The molecule has 7 nitrogen and oxygen atoms in total. The molecule has 0 saturated heterocycles. The summed E-state index contributed by atoms with van der Waals surface area (Å²) in [5.74, 6) is 0.863. The van der Waals surface area contributed by atoms with Crippen molar-refractivity contribution >= 4 is 35.0 Å². The van der Waals surface area contributed by atoms with Gasteiger partial charge in [0.25, 0.3) is 5.56 Å². The average Bonchev–Trinajstić information content (AvgIpc) is 3.28. The molecule has 5 rings (SSSR count). The van der Waals surface area contributed by atoms with Crippen molar-refractivity contribution in [1.82, 2.24) is 24.8 Å². The number of fused-ring (bicyclic) bond motifs is 2. The normalized spacial score (nSPS) is 14.4. The van der Waals surface area contributed by atoms with E-state index < -0.39 is 0 Å². The van der Waals surface area contributed by atoms with Gasteiger partial charge in [0.2, 0.25) is 0 Å². The van der Waals surface area contributed by atoms with Gasteiger partial charge in [0.05, 0.1) is 23.1 Å². The van der Waals surface area contributed by atoms with Gasteiger partial charge >= 0.3 is 0 Å². The van der Waals surface area contributed by atoms with Crippen molar-refractivity contribution in [3.05, 3.63) is 68.5 Å². The molecule has 4 heterocycles. The molecule has 0 bridgehead atoms. The summed E-state index contributed by atoms with van der Waals surface area (Å²) in [4.78, 5) is 28.0. The lowest BCUT2D eigenvalue weighted by Gasteiger charge is -2.26. The van der Waals surface area contributed by atoms with Gasteiger partial charge in [-0.2, -0.15) is 0 Å². The summed E-state index contributed by atoms with van der Waals surface area (Å²) in [5.41, 5.74) is 3.53. The van der Waals surface area contributed by atoms with Crippen LogP contribution in [0.3, 0.4) is 0 Å². The number of hydrogen-bond donors (Lipinski definition) is 3. The minimum absolute atomic E-state index is 0.107. The van der Waals surface area contributed by atoms with Gasteiger partial charge in [-0.15, -0.1) is 0 Å². The number of aromatic amines is 3. The molecule has 0 radical (unpaired) electrons. The van der Waals surface area contributed by atoms with E-state index in [4.69, 9.17) is 16.6 Å². The Hall–Kier alpha value is -2.62. The second kappa shape index (κ2) is 7.08. The molecule has 0 aliphatic carbocycles. The molecule has 1 aromatic carbocycles. The maximum Gasteiger partial charge on any atom is 0.256 e. The van der Waals surface area contributed by atoms with Crippen molar-refractivity contribution in [2.24, 2.45) is 0 Å². The Bertz CT molecular complexity index is 1240. The summed E-state index contributed by atoms with van der Waals surface area (Å²) in [5, 5.41) is 1.59. The monoisotopic (exact) mass is 411 g/mol.